The van der Waals surface area contributed by atoms with Gasteiger partial charge in [-0.2, -0.15) is 0 Å². The van der Waals surface area contributed by atoms with Crippen LogP contribution in [0.1, 0.15) is 112 Å². The molecule has 57 heavy (non-hydrogen) atoms. The summed E-state index contributed by atoms with van der Waals surface area (Å²) in [6.07, 6.45) is -3.73. The summed E-state index contributed by atoms with van der Waals surface area (Å²) in [6, 6.07) is 18.5. The van der Waals surface area contributed by atoms with Gasteiger partial charge in [0.1, 0.15) is 5.75 Å². The molecule has 0 spiro atoms. The first-order valence-electron chi connectivity index (χ1n) is 20.6. The second kappa shape index (κ2) is 22.0. The molecular weight excluding hydrogens is 732 g/mol. The highest BCUT2D eigenvalue weighted by atomic mass is 16.8. The minimum Gasteiger partial charge on any atom is -0.461 e. The predicted molar refractivity (Wildman–Crippen MR) is 213 cm³/mol. The molecule has 14 atom stereocenters. The van der Waals surface area contributed by atoms with E-state index in [2.05, 4.69) is 58.0 Å². The summed E-state index contributed by atoms with van der Waals surface area (Å²) in [5, 5.41) is 0. The summed E-state index contributed by atoms with van der Waals surface area (Å²) in [4.78, 5) is 36.2. The molecule has 0 amide bonds. The highest BCUT2D eigenvalue weighted by Crippen LogP contribution is 2.36. The average molecular weight is 799 g/mol. The molecule has 5 rings (SSSR count). The van der Waals surface area contributed by atoms with Gasteiger partial charge >= 0.3 is 17.9 Å². The van der Waals surface area contributed by atoms with Crippen LogP contribution in [-0.4, -0.2) is 87.1 Å². The molecule has 0 aromatic heterocycles. The van der Waals surface area contributed by atoms with Gasteiger partial charge in [-0.1, -0.05) is 97.9 Å². The van der Waals surface area contributed by atoms with Crippen molar-refractivity contribution in [3.63, 3.8) is 0 Å². The SMILES string of the molecule is CCC(C)c1ccc(OC2OCC(OC3OCC(OC4OCC(C)C(C)C4OC(C)=O)C(C)C3OC(C)=O)C(C)C2OC(C)=O)cc1.CCC(C)c1ccccc1. The van der Waals surface area contributed by atoms with Gasteiger partial charge in [0, 0.05) is 38.5 Å². The zero-order valence-electron chi connectivity index (χ0n) is 35.7. The maximum absolute atomic E-state index is 12.2. The maximum Gasteiger partial charge on any atom is 0.303 e. The Bertz CT molecular complexity index is 1530. The highest BCUT2D eigenvalue weighted by molar-refractivity contribution is 5.67. The summed E-state index contributed by atoms with van der Waals surface area (Å²) >= 11 is 0. The van der Waals surface area contributed by atoms with E-state index in [1.807, 2.05) is 52.0 Å². The van der Waals surface area contributed by atoms with Crippen molar-refractivity contribution in [3.8, 4) is 5.75 Å². The number of hydrogen-bond donors (Lipinski definition) is 0. The zero-order chi connectivity index (χ0) is 41.8. The number of benzene rings is 2. The lowest BCUT2D eigenvalue weighted by atomic mass is 9.88. The lowest BCUT2D eigenvalue weighted by Crippen LogP contribution is -2.58. The second-order valence-corrected chi connectivity index (χ2v) is 15.9. The highest BCUT2D eigenvalue weighted by Gasteiger charge is 2.49. The fourth-order valence-corrected chi connectivity index (χ4v) is 7.19. The van der Waals surface area contributed by atoms with Crippen molar-refractivity contribution in [2.75, 3.05) is 19.8 Å². The van der Waals surface area contributed by atoms with Crippen LogP contribution in [-0.2, 0) is 52.3 Å². The van der Waals surface area contributed by atoms with Gasteiger partial charge in [-0.3, -0.25) is 14.4 Å². The molecular formula is C45H66O12. The van der Waals surface area contributed by atoms with E-state index in [-0.39, 0.29) is 36.9 Å². The van der Waals surface area contributed by atoms with Crippen LogP contribution < -0.4 is 4.74 Å². The Labute approximate surface area is 339 Å². The van der Waals surface area contributed by atoms with Gasteiger partial charge in [-0.15, -0.1) is 0 Å². The van der Waals surface area contributed by atoms with E-state index in [4.69, 9.17) is 42.6 Å². The van der Waals surface area contributed by atoms with Crippen molar-refractivity contribution in [1.29, 1.82) is 0 Å². The summed E-state index contributed by atoms with van der Waals surface area (Å²) in [5.41, 5.74) is 2.66. The lowest BCUT2D eigenvalue weighted by molar-refractivity contribution is -0.331. The molecule has 12 nitrogen and oxygen atoms in total. The Morgan fingerprint density at radius 3 is 1.44 bits per heavy atom. The van der Waals surface area contributed by atoms with E-state index in [1.165, 1.54) is 38.3 Å². The van der Waals surface area contributed by atoms with E-state index in [1.54, 1.807) is 0 Å². The Morgan fingerprint density at radius 2 is 0.982 bits per heavy atom. The van der Waals surface area contributed by atoms with Crippen molar-refractivity contribution in [2.45, 2.75) is 150 Å². The molecule has 0 radical (unpaired) electrons. The van der Waals surface area contributed by atoms with Gasteiger partial charge in [0.25, 0.3) is 0 Å². The predicted octanol–water partition coefficient (Wildman–Crippen LogP) is 7.96. The number of rotatable bonds is 13. The minimum absolute atomic E-state index is 0.00712. The van der Waals surface area contributed by atoms with E-state index in [9.17, 15) is 14.4 Å². The maximum atomic E-state index is 12.2. The Morgan fingerprint density at radius 1 is 0.579 bits per heavy atom. The van der Waals surface area contributed by atoms with Crippen LogP contribution in [0.15, 0.2) is 54.6 Å². The largest absolute Gasteiger partial charge is 0.461 e. The number of carbonyl (C=O) groups excluding carboxylic acids is 3. The Hall–Kier alpha value is -3.55. The van der Waals surface area contributed by atoms with Crippen LogP contribution in [0.5, 0.6) is 5.75 Å². The van der Waals surface area contributed by atoms with Gasteiger partial charge < -0.3 is 42.6 Å². The van der Waals surface area contributed by atoms with Gasteiger partial charge in [0.15, 0.2) is 30.9 Å². The molecule has 0 bridgehead atoms. The lowest BCUT2D eigenvalue weighted by Gasteiger charge is -2.46. The molecule has 2 aromatic rings. The average Bonchev–Trinajstić information content (AvgIpc) is 3.19. The summed E-state index contributed by atoms with van der Waals surface area (Å²) in [6.45, 7) is 21.3. The van der Waals surface area contributed by atoms with Gasteiger partial charge in [0.2, 0.25) is 6.29 Å². The third-order valence-corrected chi connectivity index (χ3v) is 11.6. The molecule has 2 aromatic carbocycles. The number of hydrogen-bond acceptors (Lipinski definition) is 12. The molecule has 0 aliphatic carbocycles. The fourth-order valence-electron chi connectivity index (χ4n) is 7.19. The molecule has 12 heteroatoms. The molecule has 3 aliphatic rings. The first kappa shape index (κ1) is 46.1. The molecule has 3 aliphatic heterocycles. The third kappa shape index (κ3) is 13.0. The van der Waals surface area contributed by atoms with Crippen LogP contribution in [0.4, 0.5) is 0 Å². The van der Waals surface area contributed by atoms with Crippen molar-refractivity contribution >= 4 is 17.9 Å². The monoisotopic (exact) mass is 798 g/mol. The molecule has 318 valence electrons. The molecule has 3 heterocycles. The molecule has 0 N–H and O–H groups in total. The van der Waals surface area contributed by atoms with Gasteiger partial charge in [-0.05, 0) is 53.9 Å². The smallest absolute Gasteiger partial charge is 0.303 e. The number of ether oxygens (including phenoxy) is 9. The van der Waals surface area contributed by atoms with Crippen LogP contribution in [0.25, 0.3) is 0 Å². The van der Waals surface area contributed by atoms with Crippen molar-refractivity contribution in [1.82, 2.24) is 0 Å². The van der Waals surface area contributed by atoms with Crippen molar-refractivity contribution < 1.29 is 57.0 Å². The van der Waals surface area contributed by atoms with E-state index < -0.39 is 67.3 Å². The topological polar surface area (TPSA) is 134 Å². The van der Waals surface area contributed by atoms with Gasteiger partial charge in [-0.25, -0.2) is 0 Å². The van der Waals surface area contributed by atoms with Crippen molar-refractivity contribution in [3.05, 3.63) is 65.7 Å². The van der Waals surface area contributed by atoms with Crippen LogP contribution in [0.2, 0.25) is 0 Å². The summed E-state index contributed by atoms with van der Waals surface area (Å²) in [5.74, 6) is -0.252. The van der Waals surface area contributed by atoms with E-state index in [0.717, 1.165) is 6.42 Å². The summed E-state index contributed by atoms with van der Waals surface area (Å²) in [7, 11) is 0. The summed E-state index contributed by atoms with van der Waals surface area (Å²) < 4.78 is 54.1. The first-order chi connectivity index (χ1) is 27.1. The van der Waals surface area contributed by atoms with Crippen LogP contribution in [0, 0.1) is 23.7 Å². The van der Waals surface area contributed by atoms with Crippen molar-refractivity contribution in [2.24, 2.45) is 23.7 Å². The number of esters is 3. The minimum atomic E-state index is -0.955. The molecule has 14 unspecified atom stereocenters. The fraction of sp³-hybridized carbons (Fsp3) is 0.667. The second-order valence-electron chi connectivity index (χ2n) is 15.9. The quantitative estimate of drug-likeness (QED) is 0.144. The normalized spacial score (nSPS) is 32.4. The Balaban J connectivity index is 0.000000626. The molecule has 3 fully saturated rings. The Kier molecular flexibility index (Phi) is 17.8. The number of carbonyl (C=O) groups is 3. The molecule has 3 saturated heterocycles. The zero-order valence-corrected chi connectivity index (χ0v) is 35.7. The van der Waals surface area contributed by atoms with Crippen LogP contribution >= 0.6 is 0 Å². The van der Waals surface area contributed by atoms with E-state index >= 15 is 0 Å². The molecule has 0 saturated carbocycles. The van der Waals surface area contributed by atoms with Crippen LogP contribution in [0.3, 0.4) is 0 Å². The third-order valence-electron chi connectivity index (χ3n) is 11.6. The van der Waals surface area contributed by atoms with E-state index in [0.29, 0.717) is 24.2 Å². The first-order valence-corrected chi connectivity index (χ1v) is 20.6. The van der Waals surface area contributed by atoms with Gasteiger partial charge in [0.05, 0.1) is 32.0 Å². The standard InChI is InChI=1S/C35H52O12.C10H14/c1-10-18(2)26-11-13-27(14-12-26)45-33-31(43-24(8)37)21(5)28(16-40-33)47-35-32(44-25(9)38)22(6)29(17-41-35)46-34-30(42-23(7)36)20(4)19(3)15-39-34;1-3-9(2)10-7-5-4-6-8-10/h11-14,18-22,28-35H,10,15-17H2,1-9H3;4-9H,3H2,1-2H3.